The van der Waals surface area contributed by atoms with Crippen LogP contribution in [0, 0.1) is 5.92 Å². The zero-order chi connectivity index (χ0) is 6.15. The number of hydrogen-bond acceptors (Lipinski definition) is 2. The SMILES string of the molecule is CC1CC(F)OC1=O. The molecule has 3 heteroatoms. The van der Waals surface area contributed by atoms with E-state index in [1.165, 1.54) is 0 Å². The summed E-state index contributed by atoms with van der Waals surface area (Å²) in [6.45, 7) is 1.65. The molecule has 0 saturated carbocycles. The standard InChI is InChI=1S/C5H7FO2/c1-3-2-4(6)8-5(3)7/h3-4H,2H2,1H3. The Morgan fingerprint density at radius 3 is 2.62 bits per heavy atom. The molecule has 1 fully saturated rings. The van der Waals surface area contributed by atoms with E-state index in [9.17, 15) is 9.18 Å². The van der Waals surface area contributed by atoms with E-state index < -0.39 is 12.3 Å². The van der Waals surface area contributed by atoms with Gasteiger partial charge in [0.15, 0.2) is 0 Å². The zero-order valence-electron chi connectivity index (χ0n) is 4.56. The summed E-state index contributed by atoms with van der Waals surface area (Å²) in [5, 5.41) is 0. The third-order valence-corrected chi connectivity index (χ3v) is 1.19. The third kappa shape index (κ3) is 0.804. The van der Waals surface area contributed by atoms with Crippen molar-refractivity contribution in [2.75, 3.05) is 0 Å². The second-order valence-corrected chi connectivity index (χ2v) is 1.98. The van der Waals surface area contributed by atoms with Gasteiger partial charge in [0, 0.05) is 6.42 Å². The normalized spacial score (nSPS) is 37.5. The Kier molecular flexibility index (Phi) is 1.19. The second kappa shape index (κ2) is 1.73. The van der Waals surface area contributed by atoms with E-state index in [4.69, 9.17) is 0 Å². The number of rotatable bonds is 0. The van der Waals surface area contributed by atoms with Crippen LogP contribution in [0.2, 0.25) is 0 Å². The number of halogens is 1. The van der Waals surface area contributed by atoms with Crippen LogP contribution >= 0.6 is 0 Å². The van der Waals surface area contributed by atoms with Gasteiger partial charge in [-0.15, -0.1) is 0 Å². The maximum Gasteiger partial charge on any atom is 0.311 e. The first-order valence-corrected chi connectivity index (χ1v) is 2.54. The van der Waals surface area contributed by atoms with Crippen LogP contribution in [-0.2, 0) is 9.53 Å². The van der Waals surface area contributed by atoms with Crippen LogP contribution in [0.1, 0.15) is 13.3 Å². The summed E-state index contributed by atoms with van der Waals surface area (Å²) in [4.78, 5) is 10.3. The smallest absolute Gasteiger partial charge is 0.311 e. The van der Waals surface area contributed by atoms with Crippen molar-refractivity contribution in [1.29, 1.82) is 0 Å². The summed E-state index contributed by atoms with van der Waals surface area (Å²) in [6.07, 6.45) is -1.13. The van der Waals surface area contributed by atoms with E-state index in [1.54, 1.807) is 6.92 Å². The van der Waals surface area contributed by atoms with Gasteiger partial charge in [0.25, 0.3) is 0 Å². The highest BCUT2D eigenvalue weighted by atomic mass is 19.1. The fourth-order valence-corrected chi connectivity index (χ4v) is 0.664. The van der Waals surface area contributed by atoms with Gasteiger partial charge in [0.1, 0.15) is 0 Å². The molecule has 0 aromatic heterocycles. The molecule has 1 aliphatic rings. The Hall–Kier alpha value is -0.600. The predicted octanol–water partition coefficient (Wildman–Crippen LogP) is 0.865. The van der Waals surface area contributed by atoms with Gasteiger partial charge in [-0.25, -0.2) is 4.39 Å². The molecule has 0 aromatic rings. The molecule has 8 heavy (non-hydrogen) atoms. The maximum atomic E-state index is 12.0. The highest BCUT2D eigenvalue weighted by Gasteiger charge is 2.30. The van der Waals surface area contributed by atoms with Crippen molar-refractivity contribution in [3.63, 3.8) is 0 Å². The Morgan fingerprint density at radius 2 is 2.50 bits per heavy atom. The first-order chi connectivity index (χ1) is 3.70. The molecule has 2 unspecified atom stereocenters. The molecule has 0 aromatic carbocycles. The van der Waals surface area contributed by atoms with Crippen LogP contribution in [0.15, 0.2) is 0 Å². The summed E-state index contributed by atoms with van der Waals surface area (Å²) in [6, 6.07) is 0. The van der Waals surface area contributed by atoms with E-state index in [0.29, 0.717) is 0 Å². The van der Waals surface area contributed by atoms with Crippen LogP contribution in [0.5, 0.6) is 0 Å². The monoisotopic (exact) mass is 118 g/mol. The van der Waals surface area contributed by atoms with E-state index in [2.05, 4.69) is 4.74 Å². The highest BCUT2D eigenvalue weighted by Crippen LogP contribution is 2.20. The van der Waals surface area contributed by atoms with Crippen molar-refractivity contribution in [3.05, 3.63) is 0 Å². The molecule has 0 aliphatic carbocycles. The van der Waals surface area contributed by atoms with Gasteiger partial charge in [-0.1, -0.05) is 6.92 Å². The Balaban J connectivity index is 2.51. The Morgan fingerprint density at radius 1 is 1.88 bits per heavy atom. The van der Waals surface area contributed by atoms with Gasteiger partial charge in [-0.05, 0) is 0 Å². The lowest BCUT2D eigenvalue weighted by molar-refractivity contribution is -0.148. The first kappa shape index (κ1) is 5.54. The van der Waals surface area contributed by atoms with Crippen LogP contribution in [0.25, 0.3) is 0 Å². The molecule has 2 nitrogen and oxygen atoms in total. The molecular formula is C5H7FO2. The minimum Gasteiger partial charge on any atom is -0.431 e. The molecule has 46 valence electrons. The second-order valence-electron chi connectivity index (χ2n) is 1.98. The van der Waals surface area contributed by atoms with Crippen molar-refractivity contribution in [2.45, 2.75) is 19.7 Å². The molecule has 1 aliphatic heterocycles. The lowest BCUT2D eigenvalue weighted by atomic mass is 10.1. The molecule has 0 amide bonds. The number of cyclic esters (lactones) is 1. The lowest BCUT2D eigenvalue weighted by Gasteiger charge is -1.91. The number of alkyl halides is 1. The average molecular weight is 118 g/mol. The Bertz CT molecular complexity index is 113. The summed E-state index contributed by atoms with van der Waals surface area (Å²) in [5.74, 6) is -0.664. The van der Waals surface area contributed by atoms with Crippen molar-refractivity contribution in [2.24, 2.45) is 5.92 Å². The molecular weight excluding hydrogens is 111 g/mol. The van der Waals surface area contributed by atoms with E-state index in [1.807, 2.05) is 0 Å². The van der Waals surface area contributed by atoms with Crippen molar-refractivity contribution >= 4 is 5.97 Å². The largest absolute Gasteiger partial charge is 0.431 e. The molecule has 1 heterocycles. The summed E-state index contributed by atoms with van der Waals surface area (Å²) in [5.41, 5.74) is 0. The first-order valence-electron chi connectivity index (χ1n) is 2.54. The van der Waals surface area contributed by atoms with Gasteiger partial charge >= 0.3 is 5.97 Å². The van der Waals surface area contributed by atoms with Crippen LogP contribution < -0.4 is 0 Å². The molecule has 1 rings (SSSR count). The summed E-state index contributed by atoms with van der Waals surface area (Å²) in [7, 11) is 0. The van der Waals surface area contributed by atoms with E-state index in [-0.39, 0.29) is 12.3 Å². The minimum absolute atomic E-state index is 0.221. The molecule has 2 atom stereocenters. The van der Waals surface area contributed by atoms with Gasteiger partial charge in [-0.2, -0.15) is 0 Å². The van der Waals surface area contributed by atoms with Crippen molar-refractivity contribution in [3.8, 4) is 0 Å². The lowest BCUT2D eigenvalue weighted by Crippen LogP contribution is -2.01. The van der Waals surface area contributed by atoms with Gasteiger partial charge in [-0.3, -0.25) is 4.79 Å². The minimum atomic E-state index is -1.35. The number of esters is 1. The fourth-order valence-electron chi connectivity index (χ4n) is 0.664. The van der Waals surface area contributed by atoms with Crippen LogP contribution in [-0.4, -0.2) is 12.3 Å². The number of hydrogen-bond donors (Lipinski definition) is 0. The molecule has 0 spiro atoms. The van der Waals surface area contributed by atoms with Gasteiger partial charge < -0.3 is 4.74 Å². The van der Waals surface area contributed by atoms with E-state index in [0.717, 1.165) is 0 Å². The van der Waals surface area contributed by atoms with Gasteiger partial charge in [0.05, 0.1) is 5.92 Å². The highest BCUT2D eigenvalue weighted by molar-refractivity contribution is 5.73. The number of ether oxygens (including phenoxy) is 1. The molecule has 0 bridgehead atoms. The molecule has 1 saturated heterocycles. The summed E-state index contributed by atoms with van der Waals surface area (Å²) < 4.78 is 16.1. The third-order valence-electron chi connectivity index (χ3n) is 1.19. The Labute approximate surface area is 46.6 Å². The number of carbonyl (C=O) groups is 1. The van der Waals surface area contributed by atoms with Gasteiger partial charge in [0.2, 0.25) is 6.36 Å². The molecule has 0 N–H and O–H groups in total. The van der Waals surface area contributed by atoms with Crippen molar-refractivity contribution < 1.29 is 13.9 Å². The van der Waals surface area contributed by atoms with Crippen LogP contribution in [0.3, 0.4) is 0 Å². The average Bonchev–Trinajstić information content (AvgIpc) is 1.85. The maximum absolute atomic E-state index is 12.0. The quantitative estimate of drug-likeness (QED) is 0.441. The van der Waals surface area contributed by atoms with Crippen LogP contribution in [0.4, 0.5) is 4.39 Å². The fraction of sp³-hybridized carbons (Fsp3) is 0.800. The summed E-state index contributed by atoms with van der Waals surface area (Å²) >= 11 is 0. The van der Waals surface area contributed by atoms with Crippen molar-refractivity contribution in [1.82, 2.24) is 0 Å². The molecule has 0 radical (unpaired) electrons. The zero-order valence-corrected chi connectivity index (χ0v) is 4.56. The topological polar surface area (TPSA) is 26.3 Å². The number of carbonyl (C=O) groups excluding carboxylic acids is 1. The van der Waals surface area contributed by atoms with E-state index >= 15 is 0 Å². The predicted molar refractivity (Wildman–Crippen MR) is 24.8 cm³/mol.